The van der Waals surface area contributed by atoms with Crippen LogP contribution < -0.4 is 5.32 Å². The van der Waals surface area contributed by atoms with Crippen LogP contribution >= 0.6 is 24.0 Å². The average molecular weight is 177 g/mol. The Labute approximate surface area is 73.0 Å². The Balaban J connectivity index is 3.58. The van der Waals surface area contributed by atoms with Gasteiger partial charge in [0.2, 0.25) is 0 Å². The van der Waals surface area contributed by atoms with Gasteiger partial charge in [-0.3, -0.25) is 0 Å². The second kappa shape index (κ2) is 4.19. The Morgan fingerprint density at radius 1 is 1.50 bits per heavy atom. The molecular weight excluding hydrogens is 162 g/mol. The Hall–Kier alpha value is 0.240. The second-order valence-electron chi connectivity index (χ2n) is 3.10. The molecule has 60 valence electrons. The Bertz CT molecular complexity index is 115. The third-order valence-corrected chi connectivity index (χ3v) is 1.86. The van der Waals surface area contributed by atoms with Gasteiger partial charge in [-0.2, -0.15) is 0 Å². The highest BCUT2D eigenvalue weighted by atomic mass is 32.2. The van der Waals surface area contributed by atoms with E-state index in [1.807, 2.05) is 0 Å². The van der Waals surface area contributed by atoms with Crippen molar-refractivity contribution in [2.75, 3.05) is 5.75 Å². The molecule has 0 aliphatic carbocycles. The molecule has 0 atom stereocenters. The van der Waals surface area contributed by atoms with Crippen molar-refractivity contribution in [3.05, 3.63) is 0 Å². The highest BCUT2D eigenvalue weighted by molar-refractivity contribution is 8.22. The van der Waals surface area contributed by atoms with E-state index in [4.69, 9.17) is 12.2 Å². The maximum absolute atomic E-state index is 5.05. The van der Waals surface area contributed by atoms with E-state index < -0.39 is 0 Å². The van der Waals surface area contributed by atoms with Gasteiger partial charge in [-0.1, -0.05) is 30.9 Å². The molecule has 10 heavy (non-hydrogen) atoms. The van der Waals surface area contributed by atoms with Crippen molar-refractivity contribution in [3.8, 4) is 0 Å². The molecule has 0 heterocycles. The molecule has 0 fully saturated rings. The first-order valence-corrected chi connectivity index (χ1v) is 4.80. The van der Waals surface area contributed by atoms with Crippen LogP contribution in [0.25, 0.3) is 0 Å². The SMILES string of the molecule is CCSC(=S)NC(C)(C)C. The lowest BCUT2D eigenvalue weighted by Gasteiger charge is -2.21. The number of hydrogen-bond donors (Lipinski definition) is 1. The van der Waals surface area contributed by atoms with Crippen molar-refractivity contribution in [2.24, 2.45) is 0 Å². The van der Waals surface area contributed by atoms with Gasteiger partial charge in [0, 0.05) is 5.54 Å². The molecule has 0 bridgehead atoms. The van der Waals surface area contributed by atoms with E-state index in [9.17, 15) is 0 Å². The zero-order valence-electron chi connectivity index (χ0n) is 7.02. The summed E-state index contributed by atoms with van der Waals surface area (Å²) in [5.41, 5.74) is 0.110. The van der Waals surface area contributed by atoms with Gasteiger partial charge in [0.25, 0.3) is 0 Å². The highest BCUT2D eigenvalue weighted by Crippen LogP contribution is 2.06. The van der Waals surface area contributed by atoms with Gasteiger partial charge in [0.1, 0.15) is 4.32 Å². The van der Waals surface area contributed by atoms with Crippen LogP contribution in [0.5, 0.6) is 0 Å². The van der Waals surface area contributed by atoms with Crippen LogP contribution in [0, 0.1) is 0 Å². The summed E-state index contributed by atoms with van der Waals surface area (Å²) < 4.78 is 0.898. The maximum atomic E-state index is 5.05. The predicted octanol–water partition coefficient (Wildman–Crippen LogP) is 2.41. The minimum Gasteiger partial charge on any atom is -0.366 e. The standard InChI is InChI=1S/C7H15NS2/c1-5-10-6(9)8-7(2,3)4/h5H2,1-4H3,(H,8,9). The van der Waals surface area contributed by atoms with Gasteiger partial charge in [-0.25, -0.2) is 0 Å². The minimum absolute atomic E-state index is 0.110. The zero-order chi connectivity index (χ0) is 8.20. The van der Waals surface area contributed by atoms with E-state index in [-0.39, 0.29) is 5.54 Å². The monoisotopic (exact) mass is 177 g/mol. The highest BCUT2D eigenvalue weighted by Gasteiger charge is 2.09. The summed E-state index contributed by atoms with van der Waals surface area (Å²) in [6, 6.07) is 0. The van der Waals surface area contributed by atoms with Gasteiger partial charge in [0.15, 0.2) is 0 Å². The number of thiocarbonyl (C=S) groups is 1. The average Bonchev–Trinajstić information content (AvgIpc) is 1.59. The Morgan fingerprint density at radius 3 is 2.30 bits per heavy atom. The fourth-order valence-corrected chi connectivity index (χ4v) is 1.77. The smallest absolute Gasteiger partial charge is 0.134 e. The van der Waals surface area contributed by atoms with Crippen molar-refractivity contribution in [2.45, 2.75) is 33.2 Å². The van der Waals surface area contributed by atoms with E-state index in [1.165, 1.54) is 0 Å². The van der Waals surface area contributed by atoms with E-state index in [1.54, 1.807) is 11.8 Å². The molecular formula is C7H15NS2. The van der Waals surface area contributed by atoms with E-state index in [0.717, 1.165) is 10.1 Å². The van der Waals surface area contributed by atoms with Gasteiger partial charge in [-0.05, 0) is 26.5 Å². The van der Waals surface area contributed by atoms with Crippen molar-refractivity contribution in [1.29, 1.82) is 0 Å². The van der Waals surface area contributed by atoms with E-state index in [0.29, 0.717) is 0 Å². The Kier molecular flexibility index (Phi) is 4.29. The van der Waals surface area contributed by atoms with Crippen LogP contribution in [-0.4, -0.2) is 15.6 Å². The van der Waals surface area contributed by atoms with Crippen molar-refractivity contribution in [1.82, 2.24) is 5.32 Å². The van der Waals surface area contributed by atoms with E-state index >= 15 is 0 Å². The van der Waals surface area contributed by atoms with E-state index in [2.05, 4.69) is 33.0 Å². The summed E-state index contributed by atoms with van der Waals surface area (Å²) in [4.78, 5) is 0. The Morgan fingerprint density at radius 2 is 2.00 bits per heavy atom. The minimum atomic E-state index is 0.110. The molecule has 0 spiro atoms. The number of thioether (sulfide) groups is 1. The topological polar surface area (TPSA) is 12.0 Å². The summed E-state index contributed by atoms with van der Waals surface area (Å²) in [5, 5.41) is 3.21. The molecule has 0 amide bonds. The van der Waals surface area contributed by atoms with Crippen molar-refractivity contribution < 1.29 is 0 Å². The molecule has 0 rings (SSSR count). The molecule has 1 nitrogen and oxygen atoms in total. The molecule has 0 radical (unpaired) electrons. The molecule has 3 heteroatoms. The predicted molar refractivity (Wildman–Crippen MR) is 53.6 cm³/mol. The van der Waals surface area contributed by atoms with Crippen LogP contribution in [0.4, 0.5) is 0 Å². The quantitative estimate of drug-likeness (QED) is 0.618. The number of hydrogen-bond acceptors (Lipinski definition) is 2. The molecule has 0 aliphatic rings. The lowest BCUT2D eigenvalue weighted by Crippen LogP contribution is -2.38. The molecule has 0 aliphatic heterocycles. The van der Waals surface area contributed by atoms with Crippen LogP contribution in [0.15, 0.2) is 0 Å². The molecule has 0 aromatic rings. The molecule has 0 aromatic heterocycles. The first-order chi connectivity index (χ1) is 4.45. The fraction of sp³-hybridized carbons (Fsp3) is 0.857. The third-order valence-electron chi connectivity index (χ3n) is 0.752. The summed E-state index contributed by atoms with van der Waals surface area (Å²) in [6.07, 6.45) is 0. The van der Waals surface area contributed by atoms with Crippen LogP contribution in [0.1, 0.15) is 27.7 Å². The fourth-order valence-electron chi connectivity index (χ4n) is 0.473. The lowest BCUT2D eigenvalue weighted by molar-refractivity contribution is 0.519. The third kappa shape index (κ3) is 6.36. The summed E-state index contributed by atoms with van der Waals surface area (Å²) in [6.45, 7) is 8.42. The summed E-state index contributed by atoms with van der Waals surface area (Å²) >= 11 is 6.73. The molecule has 1 N–H and O–H groups in total. The van der Waals surface area contributed by atoms with Gasteiger partial charge >= 0.3 is 0 Å². The first-order valence-electron chi connectivity index (χ1n) is 3.40. The second-order valence-corrected chi connectivity index (χ2v) is 5.04. The summed E-state index contributed by atoms with van der Waals surface area (Å²) in [7, 11) is 0. The zero-order valence-corrected chi connectivity index (χ0v) is 8.66. The molecule has 0 saturated carbocycles. The number of rotatable bonds is 1. The normalized spacial score (nSPS) is 11.2. The summed E-state index contributed by atoms with van der Waals surface area (Å²) in [5.74, 6) is 1.04. The van der Waals surface area contributed by atoms with Crippen molar-refractivity contribution >= 4 is 28.3 Å². The molecule has 0 unspecified atom stereocenters. The maximum Gasteiger partial charge on any atom is 0.134 e. The molecule has 0 aromatic carbocycles. The van der Waals surface area contributed by atoms with Gasteiger partial charge in [0.05, 0.1) is 0 Å². The lowest BCUT2D eigenvalue weighted by atomic mass is 10.1. The van der Waals surface area contributed by atoms with Crippen LogP contribution in [0.2, 0.25) is 0 Å². The van der Waals surface area contributed by atoms with Crippen LogP contribution in [-0.2, 0) is 0 Å². The largest absolute Gasteiger partial charge is 0.366 e. The van der Waals surface area contributed by atoms with Crippen LogP contribution in [0.3, 0.4) is 0 Å². The first kappa shape index (κ1) is 10.2. The number of nitrogens with one attached hydrogen (secondary N) is 1. The van der Waals surface area contributed by atoms with Gasteiger partial charge < -0.3 is 5.32 Å². The van der Waals surface area contributed by atoms with Gasteiger partial charge in [-0.15, -0.1) is 0 Å². The van der Waals surface area contributed by atoms with Crippen molar-refractivity contribution in [3.63, 3.8) is 0 Å². The molecule has 0 saturated heterocycles.